The van der Waals surface area contributed by atoms with E-state index < -0.39 is 0 Å². The normalized spacial score (nSPS) is 28.5. The predicted molar refractivity (Wildman–Crippen MR) is 109 cm³/mol. The van der Waals surface area contributed by atoms with Gasteiger partial charge >= 0.3 is 0 Å². The fourth-order valence-corrected chi connectivity index (χ4v) is 4.88. The topological polar surface area (TPSA) is 49.2 Å². The van der Waals surface area contributed by atoms with Gasteiger partial charge < -0.3 is 19.7 Å². The smallest absolute Gasteiger partial charge is 0.147 e. The average molecular weight is 405 g/mol. The van der Waals surface area contributed by atoms with Crippen LogP contribution in [0.1, 0.15) is 37.3 Å². The summed E-state index contributed by atoms with van der Waals surface area (Å²) < 4.78 is 2.34. The second-order valence-electron chi connectivity index (χ2n) is 8.18. The maximum absolute atomic E-state index is 4.57. The molecular formula is C18H34Cl2N6. The average Bonchev–Trinajstić information content (AvgIpc) is 2.95. The van der Waals surface area contributed by atoms with Gasteiger partial charge in [0.15, 0.2) is 0 Å². The van der Waals surface area contributed by atoms with Gasteiger partial charge in [0.25, 0.3) is 0 Å². The van der Waals surface area contributed by atoms with Crippen molar-refractivity contribution in [1.82, 2.24) is 29.9 Å². The molecule has 2 aliphatic heterocycles. The third-order valence-electron chi connectivity index (χ3n) is 6.32. The van der Waals surface area contributed by atoms with Gasteiger partial charge in [-0.05, 0) is 77.8 Å². The van der Waals surface area contributed by atoms with Gasteiger partial charge in [-0.2, -0.15) is 0 Å². The van der Waals surface area contributed by atoms with E-state index in [9.17, 15) is 0 Å². The highest BCUT2D eigenvalue weighted by atomic mass is 35.5. The van der Waals surface area contributed by atoms with Crippen molar-refractivity contribution in [2.45, 2.75) is 38.8 Å². The minimum atomic E-state index is 0. The van der Waals surface area contributed by atoms with E-state index in [0.717, 1.165) is 36.7 Å². The molecule has 1 aliphatic carbocycles. The van der Waals surface area contributed by atoms with Crippen molar-refractivity contribution in [3.63, 3.8) is 0 Å². The molecule has 1 unspecified atom stereocenters. The second kappa shape index (κ2) is 9.20. The maximum Gasteiger partial charge on any atom is 0.147 e. The fraction of sp³-hybridized carbons (Fsp3) is 0.889. The van der Waals surface area contributed by atoms with Crippen molar-refractivity contribution in [2.24, 2.45) is 17.8 Å². The van der Waals surface area contributed by atoms with Crippen LogP contribution >= 0.6 is 24.8 Å². The number of rotatable bonds is 6. The summed E-state index contributed by atoms with van der Waals surface area (Å²) in [5.74, 6) is 5.87. The van der Waals surface area contributed by atoms with Crippen molar-refractivity contribution >= 4 is 24.8 Å². The van der Waals surface area contributed by atoms with Crippen molar-refractivity contribution in [3.8, 4) is 0 Å². The van der Waals surface area contributed by atoms with Gasteiger partial charge in [0.05, 0.1) is 6.54 Å². The lowest BCUT2D eigenvalue weighted by molar-refractivity contribution is 0.193. The Morgan fingerprint density at radius 2 is 1.73 bits per heavy atom. The standard InChI is InChI=1S/C18H32N6.2ClH/c1-4-24-17(12-22(2)3)20-21-18(24)13-5-7-23(8-6-13)11-16-14-9-19-10-15(14)16;;/h13-16,19H,4-12H2,1-3H3;2*1H/t14-,15+,16?;;. The molecule has 0 amide bonds. The molecule has 0 aromatic carbocycles. The monoisotopic (exact) mass is 404 g/mol. The van der Waals surface area contributed by atoms with E-state index in [-0.39, 0.29) is 24.8 Å². The van der Waals surface area contributed by atoms with Gasteiger partial charge in [0, 0.05) is 19.0 Å². The first-order valence-corrected chi connectivity index (χ1v) is 9.67. The molecule has 3 fully saturated rings. The summed E-state index contributed by atoms with van der Waals surface area (Å²) in [4.78, 5) is 4.87. The van der Waals surface area contributed by atoms with Crippen molar-refractivity contribution < 1.29 is 0 Å². The number of nitrogens with zero attached hydrogens (tertiary/aromatic N) is 5. The number of hydrogen-bond acceptors (Lipinski definition) is 5. The third-order valence-corrected chi connectivity index (χ3v) is 6.32. The third kappa shape index (κ3) is 4.36. The van der Waals surface area contributed by atoms with E-state index >= 15 is 0 Å². The zero-order chi connectivity index (χ0) is 16.7. The van der Waals surface area contributed by atoms with Crippen LogP contribution in [0.15, 0.2) is 0 Å². The van der Waals surface area contributed by atoms with E-state index in [1.54, 1.807) is 0 Å². The first kappa shape index (κ1) is 21.9. The molecule has 0 radical (unpaired) electrons. The molecule has 26 heavy (non-hydrogen) atoms. The van der Waals surface area contributed by atoms with Crippen LogP contribution in [-0.4, -0.2) is 71.4 Å². The number of nitrogens with one attached hydrogen (secondary N) is 1. The Balaban J connectivity index is 0.00000121. The first-order valence-electron chi connectivity index (χ1n) is 9.67. The van der Waals surface area contributed by atoms with Crippen LogP contribution in [0.2, 0.25) is 0 Å². The molecular weight excluding hydrogens is 371 g/mol. The molecule has 1 saturated carbocycles. The number of aromatic nitrogens is 3. The number of fused-ring (bicyclic) bond motifs is 1. The Kier molecular flexibility index (Phi) is 7.74. The number of halogens is 2. The van der Waals surface area contributed by atoms with Crippen LogP contribution in [0, 0.1) is 17.8 Å². The highest BCUT2D eigenvalue weighted by Gasteiger charge is 2.52. The second-order valence-corrected chi connectivity index (χ2v) is 8.18. The minimum absolute atomic E-state index is 0. The van der Waals surface area contributed by atoms with E-state index in [0.29, 0.717) is 5.92 Å². The highest BCUT2D eigenvalue weighted by molar-refractivity contribution is 5.85. The number of hydrogen-bond donors (Lipinski definition) is 1. The summed E-state index contributed by atoms with van der Waals surface area (Å²) in [5.41, 5.74) is 0. The number of piperidine rings is 2. The molecule has 1 aromatic heterocycles. The lowest BCUT2D eigenvalue weighted by Gasteiger charge is -2.32. The van der Waals surface area contributed by atoms with Crippen LogP contribution in [0.3, 0.4) is 0 Å². The van der Waals surface area contributed by atoms with E-state index in [4.69, 9.17) is 0 Å². The molecule has 0 spiro atoms. The molecule has 3 heterocycles. The highest BCUT2D eigenvalue weighted by Crippen LogP contribution is 2.49. The molecule has 2 saturated heterocycles. The van der Waals surface area contributed by atoms with Gasteiger partial charge in [0.1, 0.15) is 11.6 Å². The molecule has 8 heteroatoms. The lowest BCUT2D eigenvalue weighted by Crippen LogP contribution is -2.36. The Morgan fingerprint density at radius 1 is 1.08 bits per heavy atom. The summed E-state index contributed by atoms with van der Waals surface area (Å²) in [6.07, 6.45) is 2.47. The van der Waals surface area contributed by atoms with Gasteiger partial charge in [-0.15, -0.1) is 35.0 Å². The summed E-state index contributed by atoms with van der Waals surface area (Å²) >= 11 is 0. The molecule has 3 atom stereocenters. The Labute approximate surface area is 169 Å². The quantitative estimate of drug-likeness (QED) is 0.783. The van der Waals surface area contributed by atoms with Gasteiger partial charge in [-0.3, -0.25) is 0 Å². The van der Waals surface area contributed by atoms with Crippen molar-refractivity contribution in [1.29, 1.82) is 0 Å². The van der Waals surface area contributed by atoms with Gasteiger partial charge in [-0.1, -0.05) is 0 Å². The minimum Gasteiger partial charge on any atom is -0.316 e. The van der Waals surface area contributed by atoms with Crippen LogP contribution in [0.4, 0.5) is 0 Å². The maximum atomic E-state index is 4.57. The molecule has 1 aromatic rings. The summed E-state index contributed by atoms with van der Waals surface area (Å²) in [6.45, 7) is 10.4. The van der Waals surface area contributed by atoms with Crippen LogP contribution in [0.25, 0.3) is 0 Å². The zero-order valence-corrected chi connectivity index (χ0v) is 17.9. The van der Waals surface area contributed by atoms with Crippen LogP contribution in [0.5, 0.6) is 0 Å². The summed E-state index contributed by atoms with van der Waals surface area (Å²) in [6, 6.07) is 0. The fourth-order valence-electron chi connectivity index (χ4n) is 4.88. The lowest BCUT2D eigenvalue weighted by atomic mass is 9.95. The van der Waals surface area contributed by atoms with E-state index in [2.05, 4.69) is 50.9 Å². The first-order chi connectivity index (χ1) is 11.7. The van der Waals surface area contributed by atoms with E-state index in [1.807, 2.05) is 0 Å². The SMILES string of the molecule is CCn1c(CN(C)C)nnc1C1CCN(CC2[C@H]3CNC[C@@H]23)CC1.Cl.Cl. The molecule has 6 nitrogen and oxygen atoms in total. The van der Waals surface area contributed by atoms with Crippen LogP contribution < -0.4 is 5.32 Å². The molecule has 4 rings (SSSR count). The Bertz CT molecular complexity index is 560. The van der Waals surface area contributed by atoms with Crippen molar-refractivity contribution in [2.75, 3.05) is 46.8 Å². The Hall–Kier alpha value is -0.400. The Morgan fingerprint density at radius 3 is 2.31 bits per heavy atom. The summed E-state index contributed by atoms with van der Waals surface area (Å²) in [7, 11) is 4.19. The molecule has 0 bridgehead atoms. The summed E-state index contributed by atoms with van der Waals surface area (Å²) in [5, 5.41) is 12.5. The largest absolute Gasteiger partial charge is 0.316 e. The van der Waals surface area contributed by atoms with Gasteiger partial charge in [0.2, 0.25) is 0 Å². The van der Waals surface area contributed by atoms with E-state index in [1.165, 1.54) is 51.4 Å². The molecule has 150 valence electrons. The number of likely N-dealkylation sites (tertiary alicyclic amines) is 1. The van der Waals surface area contributed by atoms with Crippen LogP contribution in [-0.2, 0) is 13.1 Å². The van der Waals surface area contributed by atoms with Crippen molar-refractivity contribution in [3.05, 3.63) is 11.6 Å². The van der Waals surface area contributed by atoms with Gasteiger partial charge in [-0.25, -0.2) is 0 Å². The molecule has 3 aliphatic rings. The zero-order valence-electron chi connectivity index (χ0n) is 16.2. The predicted octanol–water partition coefficient (Wildman–Crippen LogP) is 1.85. The molecule has 1 N–H and O–H groups in total.